The first kappa shape index (κ1) is 22.5. The zero-order valence-electron chi connectivity index (χ0n) is 14.3. The molecular formula is C18H28Cl2O2S2. The van der Waals surface area contributed by atoms with Gasteiger partial charge in [-0.25, -0.2) is 0 Å². The Labute approximate surface area is 164 Å². The zero-order chi connectivity index (χ0) is 17.9. The number of alkyl halides is 2. The van der Waals surface area contributed by atoms with E-state index in [-0.39, 0.29) is 0 Å². The summed E-state index contributed by atoms with van der Waals surface area (Å²) in [4.78, 5) is 0. The molecule has 2 N–H and O–H groups in total. The van der Waals surface area contributed by atoms with Crippen molar-refractivity contribution < 1.29 is 10.2 Å². The lowest BCUT2D eigenvalue weighted by atomic mass is 10.0. The molecule has 0 fully saturated rings. The third-order valence-corrected chi connectivity index (χ3v) is 7.13. The summed E-state index contributed by atoms with van der Waals surface area (Å²) in [5, 5.41) is 19.5. The van der Waals surface area contributed by atoms with E-state index in [4.69, 9.17) is 23.2 Å². The van der Waals surface area contributed by atoms with Crippen LogP contribution < -0.4 is 0 Å². The maximum absolute atomic E-state index is 10.2. The number of rotatable bonds is 12. The highest BCUT2D eigenvalue weighted by Gasteiger charge is 2.22. The first-order valence-corrected chi connectivity index (χ1v) is 11.6. The largest absolute Gasteiger partial charge is 0.390 e. The first-order chi connectivity index (χ1) is 11.5. The molecule has 6 heteroatoms. The number of thioether (sulfide) groups is 2. The topological polar surface area (TPSA) is 40.5 Å². The SMILES string of the molecule is CCCSCC(O)C(Cl)c1cccc(C(Cl)C(O)CSCCC)c1. The van der Waals surface area contributed by atoms with Crippen molar-refractivity contribution in [2.24, 2.45) is 0 Å². The lowest BCUT2D eigenvalue weighted by Gasteiger charge is -2.20. The van der Waals surface area contributed by atoms with Gasteiger partial charge in [-0.3, -0.25) is 0 Å². The van der Waals surface area contributed by atoms with Gasteiger partial charge in [0, 0.05) is 11.5 Å². The van der Waals surface area contributed by atoms with Crippen LogP contribution in [0.15, 0.2) is 24.3 Å². The van der Waals surface area contributed by atoms with Crippen LogP contribution in [0.2, 0.25) is 0 Å². The van der Waals surface area contributed by atoms with Crippen molar-refractivity contribution in [3.63, 3.8) is 0 Å². The van der Waals surface area contributed by atoms with E-state index >= 15 is 0 Å². The maximum Gasteiger partial charge on any atom is 0.0852 e. The van der Waals surface area contributed by atoms with Gasteiger partial charge < -0.3 is 10.2 Å². The molecule has 1 aromatic rings. The van der Waals surface area contributed by atoms with Gasteiger partial charge in [-0.2, -0.15) is 23.5 Å². The Bertz CT molecular complexity index is 425. The fourth-order valence-corrected chi connectivity index (χ4v) is 4.65. The normalized spacial score (nSPS) is 16.6. The second-order valence-corrected chi connectivity index (χ2v) is 9.00. The van der Waals surface area contributed by atoms with Crippen LogP contribution in [0.3, 0.4) is 0 Å². The predicted octanol–water partition coefficient (Wildman–Crippen LogP) is 5.25. The molecule has 0 heterocycles. The molecule has 0 aromatic heterocycles. The smallest absolute Gasteiger partial charge is 0.0852 e. The minimum absolute atomic E-state index is 0.468. The number of aliphatic hydroxyl groups excluding tert-OH is 2. The van der Waals surface area contributed by atoms with E-state index < -0.39 is 23.0 Å². The van der Waals surface area contributed by atoms with Gasteiger partial charge in [-0.1, -0.05) is 38.1 Å². The molecule has 0 radical (unpaired) electrons. The van der Waals surface area contributed by atoms with Crippen molar-refractivity contribution in [2.75, 3.05) is 23.0 Å². The van der Waals surface area contributed by atoms with Crippen LogP contribution in [0.25, 0.3) is 0 Å². The fourth-order valence-electron chi connectivity index (χ4n) is 2.21. The van der Waals surface area contributed by atoms with Gasteiger partial charge in [0.2, 0.25) is 0 Å². The minimum Gasteiger partial charge on any atom is -0.390 e. The molecule has 0 aliphatic rings. The number of aliphatic hydroxyl groups is 2. The number of benzene rings is 1. The monoisotopic (exact) mass is 410 g/mol. The van der Waals surface area contributed by atoms with Crippen LogP contribution >= 0.6 is 46.7 Å². The summed E-state index contributed by atoms with van der Waals surface area (Å²) in [6.07, 6.45) is 0.971. The molecule has 138 valence electrons. The number of halogens is 2. The quantitative estimate of drug-likeness (QED) is 0.364. The van der Waals surface area contributed by atoms with Crippen LogP contribution in [0.5, 0.6) is 0 Å². The molecule has 0 aliphatic heterocycles. The molecule has 0 bridgehead atoms. The van der Waals surface area contributed by atoms with Crippen molar-refractivity contribution >= 4 is 46.7 Å². The molecular weight excluding hydrogens is 383 g/mol. The zero-order valence-corrected chi connectivity index (χ0v) is 17.5. The molecule has 4 unspecified atom stereocenters. The predicted molar refractivity (Wildman–Crippen MR) is 111 cm³/mol. The molecule has 0 saturated carbocycles. The van der Waals surface area contributed by atoms with Gasteiger partial charge in [0.15, 0.2) is 0 Å². The fraction of sp³-hybridized carbons (Fsp3) is 0.667. The van der Waals surface area contributed by atoms with Gasteiger partial charge in [-0.15, -0.1) is 23.2 Å². The molecule has 24 heavy (non-hydrogen) atoms. The standard InChI is InChI=1S/C18H28Cl2O2S2/c1-3-8-23-11-15(21)17(19)13-6-5-7-14(10-13)18(20)16(22)12-24-9-4-2/h5-7,10,15-18,21-22H,3-4,8-9,11-12H2,1-2H3. The average Bonchev–Trinajstić information content (AvgIpc) is 2.60. The van der Waals surface area contributed by atoms with Gasteiger partial charge in [0.1, 0.15) is 0 Å². The van der Waals surface area contributed by atoms with Crippen LogP contribution in [-0.2, 0) is 0 Å². The Morgan fingerprint density at radius 3 is 1.67 bits per heavy atom. The van der Waals surface area contributed by atoms with Crippen molar-refractivity contribution in [3.05, 3.63) is 35.4 Å². The average molecular weight is 411 g/mol. The highest BCUT2D eigenvalue weighted by molar-refractivity contribution is 7.99. The molecule has 0 amide bonds. The van der Waals surface area contributed by atoms with E-state index in [2.05, 4.69) is 13.8 Å². The molecule has 0 spiro atoms. The molecule has 1 rings (SSSR count). The van der Waals surface area contributed by atoms with Gasteiger partial charge >= 0.3 is 0 Å². The Balaban J connectivity index is 2.67. The van der Waals surface area contributed by atoms with Crippen molar-refractivity contribution in [3.8, 4) is 0 Å². The Morgan fingerprint density at radius 2 is 1.29 bits per heavy atom. The summed E-state index contributed by atoms with van der Waals surface area (Å²) < 4.78 is 0. The summed E-state index contributed by atoms with van der Waals surface area (Å²) in [7, 11) is 0. The second-order valence-electron chi connectivity index (χ2n) is 5.76. The van der Waals surface area contributed by atoms with Crippen molar-refractivity contribution in [1.29, 1.82) is 0 Å². The Morgan fingerprint density at radius 1 is 0.875 bits per heavy atom. The molecule has 0 saturated heterocycles. The van der Waals surface area contributed by atoms with Gasteiger partial charge in [0.25, 0.3) is 0 Å². The van der Waals surface area contributed by atoms with Crippen LogP contribution in [0.4, 0.5) is 0 Å². The summed E-state index contributed by atoms with van der Waals surface area (Å²) in [5.74, 6) is 3.28. The maximum atomic E-state index is 10.2. The Kier molecular flexibility index (Phi) is 11.9. The van der Waals surface area contributed by atoms with E-state index in [1.807, 2.05) is 24.3 Å². The van der Waals surface area contributed by atoms with Gasteiger partial charge in [-0.05, 0) is 35.5 Å². The van der Waals surface area contributed by atoms with E-state index in [9.17, 15) is 10.2 Å². The van der Waals surface area contributed by atoms with E-state index in [1.54, 1.807) is 23.5 Å². The number of hydrogen-bond donors (Lipinski definition) is 2. The van der Waals surface area contributed by atoms with E-state index in [0.29, 0.717) is 11.5 Å². The lowest BCUT2D eigenvalue weighted by Crippen LogP contribution is -2.19. The van der Waals surface area contributed by atoms with Crippen LogP contribution in [0, 0.1) is 0 Å². The van der Waals surface area contributed by atoms with Crippen molar-refractivity contribution in [2.45, 2.75) is 49.7 Å². The second kappa shape index (κ2) is 12.7. The highest BCUT2D eigenvalue weighted by Crippen LogP contribution is 2.32. The third kappa shape index (κ3) is 7.76. The molecule has 2 nitrogen and oxygen atoms in total. The third-order valence-electron chi connectivity index (χ3n) is 3.50. The van der Waals surface area contributed by atoms with Crippen LogP contribution in [-0.4, -0.2) is 45.4 Å². The van der Waals surface area contributed by atoms with E-state index in [0.717, 1.165) is 35.5 Å². The van der Waals surface area contributed by atoms with Gasteiger partial charge in [0.05, 0.1) is 23.0 Å². The number of hydrogen-bond acceptors (Lipinski definition) is 4. The first-order valence-electron chi connectivity index (χ1n) is 8.40. The van der Waals surface area contributed by atoms with Crippen LogP contribution in [0.1, 0.15) is 48.6 Å². The summed E-state index contributed by atoms with van der Waals surface area (Å²) in [6.45, 7) is 4.23. The summed E-state index contributed by atoms with van der Waals surface area (Å²) in [5.41, 5.74) is 1.69. The van der Waals surface area contributed by atoms with Crippen molar-refractivity contribution in [1.82, 2.24) is 0 Å². The summed E-state index contributed by atoms with van der Waals surface area (Å²) >= 11 is 16.3. The lowest BCUT2D eigenvalue weighted by molar-refractivity contribution is 0.193. The molecule has 0 aliphatic carbocycles. The summed E-state index contributed by atoms with van der Waals surface area (Å²) in [6, 6.07) is 7.58. The molecule has 4 atom stereocenters. The highest BCUT2D eigenvalue weighted by atomic mass is 35.5. The Hall–Kier alpha value is 0.420. The molecule has 1 aromatic carbocycles. The minimum atomic E-state index is -0.600. The van der Waals surface area contributed by atoms with E-state index in [1.165, 1.54) is 0 Å².